The summed E-state index contributed by atoms with van der Waals surface area (Å²) in [5.41, 5.74) is 0.980. The van der Waals surface area contributed by atoms with Crippen molar-refractivity contribution in [2.75, 3.05) is 0 Å². The first-order chi connectivity index (χ1) is 14.1. The van der Waals surface area contributed by atoms with Crippen LogP contribution in [0.4, 0.5) is 0 Å². The predicted molar refractivity (Wildman–Crippen MR) is 112 cm³/mol. The van der Waals surface area contributed by atoms with Crippen molar-refractivity contribution in [2.45, 2.75) is 37.7 Å². The lowest BCUT2D eigenvalue weighted by atomic mass is 9.69. The molecule has 3 N–H and O–H groups in total. The molecule has 0 bridgehead atoms. The minimum absolute atomic E-state index is 0.0882. The zero-order valence-electron chi connectivity index (χ0n) is 16.3. The van der Waals surface area contributed by atoms with Gasteiger partial charge < -0.3 is 20.1 Å². The van der Waals surface area contributed by atoms with Crippen LogP contribution in [0.1, 0.15) is 43.2 Å². The molecule has 0 heterocycles. The molecule has 1 aliphatic carbocycles. The van der Waals surface area contributed by atoms with Crippen molar-refractivity contribution < 1.29 is 20.1 Å². The van der Waals surface area contributed by atoms with E-state index >= 15 is 0 Å². The van der Waals surface area contributed by atoms with Crippen molar-refractivity contribution in [3.05, 3.63) is 83.9 Å². The summed E-state index contributed by atoms with van der Waals surface area (Å²) < 4.78 is 6.71. The van der Waals surface area contributed by atoms with Gasteiger partial charge in [-0.05, 0) is 49.2 Å². The third kappa shape index (κ3) is 3.75. The summed E-state index contributed by atoms with van der Waals surface area (Å²) in [6, 6.07) is 21.2. The molecular formula is C25H26O4. The van der Waals surface area contributed by atoms with Gasteiger partial charge >= 0.3 is 0 Å². The molecule has 3 aromatic carbocycles. The minimum Gasteiger partial charge on any atom is -0.508 e. The second-order valence-corrected chi connectivity index (χ2v) is 7.73. The van der Waals surface area contributed by atoms with E-state index in [0.717, 1.165) is 36.8 Å². The van der Waals surface area contributed by atoms with Gasteiger partial charge in [0.1, 0.15) is 11.5 Å². The molecule has 0 spiro atoms. The quantitative estimate of drug-likeness (QED) is 0.522. The normalized spacial score (nSPS) is 15.2. The second kappa shape index (κ2) is 8.08. The SMILES string of the molecule is Oc1ccc(C(Oc2ccccc2O)(c2ccc(O)cc2)C2CCCCC2)cc1. The highest BCUT2D eigenvalue weighted by molar-refractivity contribution is 5.46. The molecule has 29 heavy (non-hydrogen) atoms. The molecule has 0 saturated heterocycles. The molecule has 150 valence electrons. The Morgan fingerprint density at radius 1 is 0.655 bits per heavy atom. The highest BCUT2D eigenvalue weighted by Crippen LogP contribution is 2.48. The van der Waals surface area contributed by atoms with Gasteiger partial charge in [-0.25, -0.2) is 0 Å². The standard InChI is InChI=1S/C25H26O4/c26-21-14-10-19(11-15-21)25(18-6-2-1-3-7-18,20-12-16-22(27)17-13-20)29-24-9-5-4-8-23(24)28/h4-5,8-18,26-28H,1-3,6-7H2. The molecule has 1 fully saturated rings. The highest BCUT2D eigenvalue weighted by atomic mass is 16.5. The summed E-state index contributed by atoms with van der Waals surface area (Å²) in [7, 11) is 0. The molecule has 0 aliphatic heterocycles. The van der Waals surface area contributed by atoms with Crippen LogP contribution in [-0.4, -0.2) is 15.3 Å². The Morgan fingerprint density at radius 3 is 1.69 bits per heavy atom. The van der Waals surface area contributed by atoms with Crippen LogP contribution in [0.3, 0.4) is 0 Å². The maximum absolute atomic E-state index is 10.4. The van der Waals surface area contributed by atoms with Gasteiger partial charge in [-0.3, -0.25) is 0 Å². The van der Waals surface area contributed by atoms with Crippen LogP contribution in [0, 0.1) is 5.92 Å². The molecule has 0 amide bonds. The number of hydrogen-bond acceptors (Lipinski definition) is 4. The Labute approximate surface area is 171 Å². The number of para-hydroxylation sites is 2. The largest absolute Gasteiger partial charge is 0.508 e. The van der Waals surface area contributed by atoms with Crippen LogP contribution < -0.4 is 4.74 Å². The molecule has 0 radical (unpaired) electrons. The molecule has 4 rings (SSSR count). The third-order valence-electron chi connectivity index (χ3n) is 5.91. The van der Waals surface area contributed by atoms with Crippen molar-refractivity contribution in [1.29, 1.82) is 0 Å². The number of phenols is 3. The Bertz CT molecular complexity index is 896. The van der Waals surface area contributed by atoms with Gasteiger partial charge in [-0.2, -0.15) is 0 Å². The van der Waals surface area contributed by atoms with Gasteiger partial charge in [0.05, 0.1) is 0 Å². The Morgan fingerprint density at radius 2 is 1.17 bits per heavy atom. The number of benzene rings is 3. The first-order valence-corrected chi connectivity index (χ1v) is 10.2. The van der Waals surface area contributed by atoms with E-state index in [2.05, 4.69) is 0 Å². The Kier molecular flexibility index (Phi) is 5.34. The van der Waals surface area contributed by atoms with E-state index in [-0.39, 0.29) is 23.2 Å². The Hall–Kier alpha value is -3.14. The minimum atomic E-state index is -0.847. The van der Waals surface area contributed by atoms with E-state index in [1.54, 1.807) is 42.5 Å². The lowest BCUT2D eigenvalue weighted by molar-refractivity contribution is 0.0220. The average molecular weight is 390 g/mol. The van der Waals surface area contributed by atoms with Crippen LogP contribution >= 0.6 is 0 Å². The number of rotatable bonds is 5. The number of aromatic hydroxyl groups is 3. The van der Waals surface area contributed by atoms with Gasteiger partial charge in [0.2, 0.25) is 0 Å². The molecule has 0 atom stereocenters. The van der Waals surface area contributed by atoms with Gasteiger partial charge in [-0.1, -0.05) is 55.7 Å². The molecule has 1 saturated carbocycles. The fourth-order valence-corrected chi connectivity index (χ4v) is 4.48. The summed E-state index contributed by atoms with van der Waals surface area (Å²) >= 11 is 0. The van der Waals surface area contributed by atoms with Crippen LogP contribution in [0.2, 0.25) is 0 Å². The smallest absolute Gasteiger partial charge is 0.162 e. The van der Waals surface area contributed by atoms with Crippen LogP contribution in [-0.2, 0) is 5.60 Å². The molecule has 1 aliphatic rings. The summed E-state index contributed by atoms with van der Waals surface area (Å²) in [5.74, 6) is 1.08. The lowest BCUT2D eigenvalue weighted by Crippen LogP contribution is -2.43. The van der Waals surface area contributed by atoms with Crippen LogP contribution in [0.5, 0.6) is 23.0 Å². The molecular weight excluding hydrogens is 364 g/mol. The predicted octanol–water partition coefficient (Wildman–Crippen LogP) is 5.71. The molecule has 4 nitrogen and oxygen atoms in total. The van der Waals surface area contributed by atoms with E-state index in [4.69, 9.17) is 4.74 Å². The summed E-state index contributed by atoms with van der Waals surface area (Å²) in [5, 5.41) is 30.2. The van der Waals surface area contributed by atoms with Crippen molar-refractivity contribution >= 4 is 0 Å². The van der Waals surface area contributed by atoms with E-state index in [1.807, 2.05) is 30.3 Å². The maximum atomic E-state index is 10.4. The van der Waals surface area contributed by atoms with Gasteiger partial charge in [0, 0.05) is 17.0 Å². The van der Waals surface area contributed by atoms with Gasteiger partial charge in [-0.15, -0.1) is 0 Å². The monoisotopic (exact) mass is 390 g/mol. The molecule has 0 unspecified atom stereocenters. The molecule has 3 aromatic rings. The lowest BCUT2D eigenvalue weighted by Gasteiger charge is -2.43. The summed E-state index contributed by atoms with van der Waals surface area (Å²) in [6.45, 7) is 0. The first kappa shape index (κ1) is 19.2. The fraction of sp³-hybridized carbons (Fsp3) is 0.280. The Balaban J connectivity index is 1.94. The summed E-state index contributed by atoms with van der Waals surface area (Å²) in [6.07, 6.45) is 5.43. The van der Waals surface area contributed by atoms with E-state index < -0.39 is 5.60 Å². The summed E-state index contributed by atoms with van der Waals surface area (Å²) in [4.78, 5) is 0. The average Bonchev–Trinajstić information content (AvgIpc) is 2.75. The molecule has 4 heteroatoms. The van der Waals surface area contributed by atoms with Crippen molar-refractivity contribution in [2.24, 2.45) is 5.92 Å². The first-order valence-electron chi connectivity index (χ1n) is 10.2. The van der Waals surface area contributed by atoms with E-state index in [0.29, 0.717) is 5.75 Å². The number of hydrogen-bond donors (Lipinski definition) is 3. The third-order valence-corrected chi connectivity index (χ3v) is 5.91. The second-order valence-electron chi connectivity index (χ2n) is 7.73. The van der Waals surface area contributed by atoms with E-state index in [9.17, 15) is 15.3 Å². The van der Waals surface area contributed by atoms with Crippen molar-refractivity contribution in [1.82, 2.24) is 0 Å². The number of phenolic OH excluding ortho intramolecular Hbond substituents is 3. The number of ether oxygens (including phenoxy) is 1. The van der Waals surface area contributed by atoms with Crippen LogP contribution in [0.25, 0.3) is 0 Å². The molecule has 0 aromatic heterocycles. The van der Waals surface area contributed by atoms with Gasteiger partial charge in [0.25, 0.3) is 0 Å². The highest BCUT2D eigenvalue weighted by Gasteiger charge is 2.45. The van der Waals surface area contributed by atoms with Gasteiger partial charge in [0.15, 0.2) is 17.1 Å². The zero-order chi connectivity index (χ0) is 20.3. The zero-order valence-corrected chi connectivity index (χ0v) is 16.3. The van der Waals surface area contributed by atoms with Crippen molar-refractivity contribution in [3.8, 4) is 23.0 Å². The van der Waals surface area contributed by atoms with Crippen molar-refractivity contribution in [3.63, 3.8) is 0 Å². The fourth-order valence-electron chi connectivity index (χ4n) is 4.48. The van der Waals surface area contributed by atoms with Crippen LogP contribution in [0.15, 0.2) is 72.8 Å². The van der Waals surface area contributed by atoms with E-state index in [1.165, 1.54) is 6.42 Å². The topological polar surface area (TPSA) is 69.9 Å². The maximum Gasteiger partial charge on any atom is 0.162 e.